The summed E-state index contributed by atoms with van der Waals surface area (Å²) in [6.45, 7) is 4.80. The van der Waals surface area contributed by atoms with Crippen molar-refractivity contribution in [2.75, 3.05) is 7.11 Å². The highest BCUT2D eigenvalue weighted by atomic mass is 35.5. The molecule has 2 aromatic rings. The molecule has 0 bridgehead atoms. The normalized spacial score (nSPS) is 11.0. The Labute approximate surface area is 129 Å². The summed E-state index contributed by atoms with van der Waals surface area (Å²) in [5.41, 5.74) is 2.30. The zero-order valence-electron chi connectivity index (χ0n) is 12.4. The van der Waals surface area contributed by atoms with Crippen LogP contribution >= 0.6 is 11.6 Å². The van der Waals surface area contributed by atoms with Crippen LogP contribution in [0.3, 0.4) is 0 Å². The fourth-order valence-electron chi connectivity index (χ4n) is 2.05. The van der Waals surface area contributed by atoms with E-state index in [1.54, 1.807) is 18.2 Å². The Morgan fingerprint density at radius 3 is 2.57 bits per heavy atom. The zero-order valence-corrected chi connectivity index (χ0v) is 13.2. The number of rotatable bonds is 5. The molecular formula is C17H19ClFNO. The monoisotopic (exact) mass is 307 g/mol. The van der Waals surface area contributed by atoms with Crippen molar-refractivity contribution < 1.29 is 9.13 Å². The van der Waals surface area contributed by atoms with E-state index in [9.17, 15) is 4.39 Å². The van der Waals surface area contributed by atoms with E-state index < -0.39 is 0 Å². The van der Waals surface area contributed by atoms with Crippen molar-refractivity contribution in [2.45, 2.75) is 26.4 Å². The highest BCUT2D eigenvalue weighted by molar-refractivity contribution is 6.31. The van der Waals surface area contributed by atoms with Gasteiger partial charge in [-0.2, -0.15) is 0 Å². The molecule has 0 aliphatic carbocycles. The molecule has 2 nitrogen and oxygen atoms in total. The molecule has 0 amide bonds. The molecule has 21 heavy (non-hydrogen) atoms. The highest BCUT2D eigenvalue weighted by Crippen LogP contribution is 2.29. The SMILES string of the molecule is COc1ccc(-c2ccc(Cl)c(CNC(C)C)c2)c(F)c1. The number of hydrogen-bond donors (Lipinski definition) is 1. The van der Waals surface area contributed by atoms with Crippen molar-refractivity contribution in [3.05, 3.63) is 52.8 Å². The maximum absolute atomic E-state index is 14.1. The van der Waals surface area contributed by atoms with Gasteiger partial charge in [0.25, 0.3) is 0 Å². The predicted octanol–water partition coefficient (Wildman–Crippen LogP) is 4.65. The molecule has 0 aromatic heterocycles. The van der Waals surface area contributed by atoms with Gasteiger partial charge in [-0.25, -0.2) is 4.39 Å². The van der Waals surface area contributed by atoms with Crippen LogP contribution in [0, 0.1) is 5.82 Å². The molecule has 2 rings (SSSR count). The largest absolute Gasteiger partial charge is 0.497 e. The minimum absolute atomic E-state index is 0.306. The Kier molecular flexibility index (Phi) is 5.21. The van der Waals surface area contributed by atoms with Gasteiger partial charge in [-0.1, -0.05) is 31.5 Å². The number of ether oxygens (including phenoxy) is 1. The molecule has 0 fully saturated rings. The number of hydrogen-bond acceptors (Lipinski definition) is 2. The average molecular weight is 308 g/mol. The molecular weight excluding hydrogens is 289 g/mol. The van der Waals surface area contributed by atoms with Crippen LogP contribution in [0.25, 0.3) is 11.1 Å². The van der Waals surface area contributed by atoms with Crippen molar-refractivity contribution in [1.82, 2.24) is 5.32 Å². The van der Waals surface area contributed by atoms with Crippen molar-refractivity contribution in [3.8, 4) is 16.9 Å². The summed E-state index contributed by atoms with van der Waals surface area (Å²) in [6.07, 6.45) is 0. The number of benzene rings is 2. The third-order valence-corrected chi connectivity index (χ3v) is 3.60. The second kappa shape index (κ2) is 6.92. The quantitative estimate of drug-likeness (QED) is 0.868. The summed E-state index contributed by atoms with van der Waals surface area (Å²) in [5, 5.41) is 4.00. The Morgan fingerprint density at radius 2 is 1.95 bits per heavy atom. The van der Waals surface area contributed by atoms with Crippen LogP contribution in [0.5, 0.6) is 5.75 Å². The second-order valence-electron chi connectivity index (χ2n) is 5.19. The van der Waals surface area contributed by atoms with Crippen LogP contribution in [0.15, 0.2) is 36.4 Å². The average Bonchev–Trinajstić information content (AvgIpc) is 2.46. The van der Waals surface area contributed by atoms with Crippen molar-refractivity contribution in [3.63, 3.8) is 0 Å². The summed E-state index contributed by atoms with van der Waals surface area (Å²) in [4.78, 5) is 0. The van der Waals surface area contributed by atoms with E-state index in [0.717, 1.165) is 11.1 Å². The van der Waals surface area contributed by atoms with Gasteiger partial charge in [0, 0.05) is 29.2 Å². The molecule has 0 heterocycles. The summed E-state index contributed by atoms with van der Waals surface area (Å²) >= 11 is 6.20. The summed E-state index contributed by atoms with van der Waals surface area (Å²) in [6, 6.07) is 10.8. The van der Waals surface area contributed by atoms with Gasteiger partial charge < -0.3 is 10.1 Å². The van der Waals surface area contributed by atoms with Gasteiger partial charge in [-0.3, -0.25) is 0 Å². The van der Waals surface area contributed by atoms with Gasteiger partial charge >= 0.3 is 0 Å². The molecule has 112 valence electrons. The number of halogens is 2. The summed E-state index contributed by atoms with van der Waals surface area (Å²) in [5.74, 6) is 0.200. The first-order valence-electron chi connectivity index (χ1n) is 6.87. The molecule has 1 N–H and O–H groups in total. The highest BCUT2D eigenvalue weighted by Gasteiger charge is 2.09. The lowest BCUT2D eigenvalue weighted by Crippen LogP contribution is -2.22. The van der Waals surface area contributed by atoms with Crippen LogP contribution in [-0.4, -0.2) is 13.2 Å². The Morgan fingerprint density at radius 1 is 1.19 bits per heavy atom. The molecule has 0 aliphatic rings. The molecule has 0 saturated heterocycles. The minimum atomic E-state index is -0.306. The standard InChI is InChI=1S/C17H19ClFNO/c1-11(2)20-10-13-8-12(4-7-16(13)18)15-6-5-14(21-3)9-17(15)19/h4-9,11,20H,10H2,1-3H3. The fraction of sp³-hybridized carbons (Fsp3) is 0.294. The van der Waals surface area contributed by atoms with Crippen LogP contribution in [0.4, 0.5) is 4.39 Å². The van der Waals surface area contributed by atoms with Crippen molar-refractivity contribution in [1.29, 1.82) is 0 Å². The zero-order chi connectivity index (χ0) is 15.4. The lowest BCUT2D eigenvalue weighted by molar-refractivity contribution is 0.411. The first kappa shape index (κ1) is 15.8. The molecule has 0 spiro atoms. The first-order chi connectivity index (χ1) is 10.0. The number of methoxy groups -OCH3 is 1. The van der Waals surface area contributed by atoms with E-state index in [1.807, 2.05) is 12.1 Å². The summed E-state index contributed by atoms with van der Waals surface area (Å²) < 4.78 is 19.2. The summed E-state index contributed by atoms with van der Waals surface area (Å²) in [7, 11) is 1.52. The Bertz CT molecular complexity index is 628. The van der Waals surface area contributed by atoms with Crippen LogP contribution in [0.2, 0.25) is 5.02 Å². The van der Waals surface area contributed by atoms with Gasteiger partial charge in [0.1, 0.15) is 11.6 Å². The van der Waals surface area contributed by atoms with Crippen LogP contribution in [-0.2, 0) is 6.54 Å². The van der Waals surface area contributed by atoms with Gasteiger partial charge in [-0.05, 0) is 35.4 Å². The third kappa shape index (κ3) is 3.96. The lowest BCUT2D eigenvalue weighted by atomic mass is 10.0. The lowest BCUT2D eigenvalue weighted by Gasteiger charge is -2.12. The molecule has 0 radical (unpaired) electrons. The van der Waals surface area contributed by atoms with E-state index in [-0.39, 0.29) is 5.82 Å². The van der Waals surface area contributed by atoms with Gasteiger partial charge in [0.2, 0.25) is 0 Å². The van der Waals surface area contributed by atoms with E-state index in [1.165, 1.54) is 13.2 Å². The number of nitrogens with one attached hydrogen (secondary N) is 1. The molecule has 0 unspecified atom stereocenters. The molecule has 0 saturated carbocycles. The third-order valence-electron chi connectivity index (χ3n) is 3.23. The molecule has 4 heteroatoms. The Balaban J connectivity index is 2.34. The van der Waals surface area contributed by atoms with E-state index in [4.69, 9.17) is 16.3 Å². The predicted molar refractivity (Wildman–Crippen MR) is 85.4 cm³/mol. The van der Waals surface area contributed by atoms with Gasteiger partial charge in [0.15, 0.2) is 0 Å². The van der Waals surface area contributed by atoms with Crippen LogP contribution in [0.1, 0.15) is 19.4 Å². The van der Waals surface area contributed by atoms with E-state index >= 15 is 0 Å². The maximum atomic E-state index is 14.1. The van der Waals surface area contributed by atoms with Gasteiger partial charge in [-0.15, -0.1) is 0 Å². The maximum Gasteiger partial charge on any atom is 0.134 e. The Hall–Kier alpha value is -1.58. The van der Waals surface area contributed by atoms with E-state index in [2.05, 4.69) is 19.2 Å². The minimum Gasteiger partial charge on any atom is -0.497 e. The molecule has 0 atom stereocenters. The van der Waals surface area contributed by atoms with Crippen molar-refractivity contribution >= 4 is 11.6 Å². The second-order valence-corrected chi connectivity index (χ2v) is 5.59. The van der Waals surface area contributed by atoms with Crippen molar-refractivity contribution in [2.24, 2.45) is 0 Å². The smallest absolute Gasteiger partial charge is 0.134 e. The van der Waals surface area contributed by atoms with E-state index in [0.29, 0.717) is 28.9 Å². The van der Waals surface area contributed by atoms with Gasteiger partial charge in [0.05, 0.1) is 7.11 Å². The van der Waals surface area contributed by atoms with Crippen LogP contribution < -0.4 is 10.1 Å². The topological polar surface area (TPSA) is 21.3 Å². The molecule has 0 aliphatic heterocycles. The molecule has 2 aromatic carbocycles. The fourth-order valence-corrected chi connectivity index (χ4v) is 2.23. The first-order valence-corrected chi connectivity index (χ1v) is 7.24.